The first-order valence-corrected chi connectivity index (χ1v) is 9.19. The van der Waals surface area contributed by atoms with Gasteiger partial charge in [0, 0.05) is 5.56 Å². The Kier molecular flexibility index (Phi) is 4.02. The number of nitrogens with one attached hydrogen (secondary N) is 1. The molecule has 3 N–H and O–H groups in total. The van der Waals surface area contributed by atoms with E-state index in [1.807, 2.05) is 30.3 Å². The predicted molar refractivity (Wildman–Crippen MR) is 92.7 cm³/mol. The molecule has 0 spiro atoms. The van der Waals surface area contributed by atoms with Crippen molar-refractivity contribution in [3.8, 4) is 11.1 Å². The smallest absolute Gasteiger partial charge is 0.208 e. The second-order valence-electron chi connectivity index (χ2n) is 4.89. The average Bonchev–Trinajstić information content (AvgIpc) is 3.06. The Morgan fingerprint density at radius 3 is 2.26 bits per heavy atom. The fraction of sp³-hybridized carbons (Fsp3) is 0. The van der Waals surface area contributed by atoms with Gasteiger partial charge in [-0.05, 0) is 23.1 Å². The lowest BCUT2D eigenvalue weighted by Crippen LogP contribution is -2.14. The molecule has 0 radical (unpaired) electrons. The number of rotatable bonds is 4. The molecule has 0 fully saturated rings. The first kappa shape index (κ1) is 15.5. The molecule has 0 atom stereocenters. The molecule has 116 valence electrons. The van der Waals surface area contributed by atoms with E-state index in [9.17, 15) is 8.42 Å². The second kappa shape index (κ2) is 5.98. The van der Waals surface area contributed by atoms with Crippen molar-refractivity contribution in [1.29, 1.82) is 5.41 Å². The topological polar surface area (TPSA) is 84.0 Å². The number of amidine groups is 1. The van der Waals surface area contributed by atoms with E-state index in [1.165, 1.54) is 6.07 Å². The zero-order valence-corrected chi connectivity index (χ0v) is 13.7. The lowest BCUT2D eigenvalue weighted by molar-refractivity contribution is 0.596. The highest BCUT2D eigenvalue weighted by Gasteiger charge is 2.26. The van der Waals surface area contributed by atoms with Crippen LogP contribution in [0.1, 0.15) is 4.88 Å². The van der Waals surface area contributed by atoms with E-state index in [0.717, 1.165) is 16.9 Å². The minimum atomic E-state index is -3.76. The summed E-state index contributed by atoms with van der Waals surface area (Å²) in [6.07, 6.45) is 0. The van der Waals surface area contributed by atoms with E-state index in [2.05, 4.69) is 0 Å². The summed E-state index contributed by atoms with van der Waals surface area (Å²) in [4.78, 5) is 0.568. The highest BCUT2D eigenvalue weighted by atomic mass is 32.2. The normalized spacial score (nSPS) is 11.3. The molecule has 4 nitrogen and oxygen atoms in total. The molecule has 0 bridgehead atoms. The van der Waals surface area contributed by atoms with Gasteiger partial charge in [0.05, 0.1) is 14.7 Å². The molecule has 3 rings (SSSR count). The molecule has 0 unspecified atom stereocenters. The summed E-state index contributed by atoms with van der Waals surface area (Å²) >= 11 is 1.15. The van der Waals surface area contributed by atoms with Gasteiger partial charge in [0.15, 0.2) is 0 Å². The molecular formula is C17H14N2O2S2. The Hall–Kier alpha value is -2.44. The van der Waals surface area contributed by atoms with E-state index in [-0.39, 0.29) is 20.5 Å². The van der Waals surface area contributed by atoms with Gasteiger partial charge >= 0.3 is 0 Å². The van der Waals surface area contributed by atoms with Crippen LogP contribution in [-0.4, -0.2) is 14.3 Å². The van der Waals surface area contributed by atoms with Crippen molar-refractivity contribution in [3.63, 3.8) is 0 Å². The zero-order chi connectivity index (χ0) is 16.4. The summed E-state index contributed by atoms with van der Waals surface area (Å²) in [6, 6.07) is 17.7. The molecule has 0 aliphatic carbocycles. The van der Waals surface area contributed by atoms with Gasteiger partial charge in [0.1, 0.15) is 5.84 Å². The van der Waals surface area contributed by atoms with E-state index in [4.69, 9.17) is 11.1 Å². The van der Waals surface area contributed by atoms with E-state index >= 15 is 0 Å². The highest BCUT2D eigenvalue weighted by Crippen LogP contribution is 2.34. The molecule has 23 heavy (non-hydrogen) atoms. The van der Waals surface area contributed by atoms with Crippen LogP contribution in [0.25, 0.3) is 11.1 Å². The monoisotopic (exact) mass is 342 g/mol. The maximum atomic E-state index is 13.1. The van der Waals surface area contributed by atoms with Crippen molar-refractivity contribution in [2.24, 2.45) is 5.73 Å². The number of benzene rings is 2. The van der Waals surface area contributed by atoms with Gasteiger partial charge in [0.25, 0.3) is 0 Å². The van der Waals surface area contributed by atoms with Gasteiger partial charge in [-0.3, -0.25) is 5.41 Å². The Balaban J connectivity index is 2.23. The van der Waals surface area contributed by atoms with Crippen LogP contribution in [0.2, 0.25) is 0 Å². The number of hydrogen-bond acceptors (Lipinski definition) is 4. The second-order valence-corrected chi connectivity index (χ2v) is 7.70. The first-order valence-electron chi connectivity index (χ1n) is 6.83. The van der Waals surface area contributed by atoms with E-state index < -0.39 is 9.84 Å². The van der Waals surface area contributed by atoms with Crippen molar-refractivity contribution in [2.45, 2.75) is 9.79 Å². The van der Waals surface area contributed by atoms with Crippen LogP contribution in [-0.2, 0) is 9.84 Å². The Bertz CT molecular complexity index is 961. The molecule has 0 saturated carbocycles. The molecule has 1 aromatic heterocycles. The fourth-order valence-corrected chi connectivity index (χ4v) is 5.16. The van der Waals surface area contributed by atoms with Crippen molar-refractivity contribution in [2.75, 3.05) is 0 Å². The first-order chi connectivity index (χ1) is 11.0. The van der Waals surface area contributed by atoms with Crippen LogP contribution >= 0.6 is 11.3 Å². The van der Waals surface area contributed by atoms with Gasteiger partial charge in [0.2, 0.25) is 9.84 Å². The van der Waals surface area contributed by atoms with Crippen LogP contribution in [0, 0.1) is 5.41 Å². The zero-order valence-electron chi connectivity index (χ0n) is 12.1. The lowest BCUT2D eigenvalue weighted by Gasteiger charge is -2.11. The quantitative estimate of drug-likeness (QED) is 0.562. The third-order valence-corrected chi connectivity index (χ3v) is 6.36. The summed E-state index contributed by atoms with van der Waals surface area (Å²) in [5.74, 6) is -0.240. The van der Waals surface area contributed by atoms with Crippen LogP contribution in [0.3, 0.4) is 0 Å². The van der Waals surface area contributed by atoms with Crippen molar-refractivity contribution >= 4 is 27.0 Å². The van der Waals surface area contributed by atoms with Crippen molar-refractivity contribution < 1.29 is 8.42 Å². The summed E-state index contributed by atoms with van der Waals surface area (Å²) in [7, 11) is -3.76. The number of hydrogen-bond donors (Lipinski definition) is 2. The SMILES string of the molecule is N=C(N)c1sccc1S(=O)(=O)c1ccccc1-c1ccccc1. The highest BCUT2D eigenvalue weighted by molar-refractivity contribution is 7.91. The molecule has 0 amide bonds. The van der Waals surface area contributed by atoms with Gasteiger partial charge < -0.3 is 5.73 Å². The third kappa shape index (κ3) is 2.78. The molecular weight excluding hydrogens is 328 g/mol. The molecule has 0 aliphatic rings. The van der Waals surface area contributed by atoms with Gasteiger partial charge in [-0.1, -0.05) is 48.5 Å². The van der Waals surface area contributed by atoms with Crippen LogP contribution in [0.15, 0.2) is 75.8 Å². The van der Waals surface area contributed by atoms with Crippen molar-refractivity contribution in [1.82, 2.24) is 0 Å². The molecule has 3 aromatic rings. The molecule has 2 aromatic carbocycles. The van der Waals surface area contributed by atoms with Gasteiger partial charge in [-0.2, -0.15) is 0 Å². The van der Waals surface area contributed by atoms with Gasteiger partial charge in [-0.25, -0.2) is 8.42 Å². The standard InChI is InChI=1S/C17H14N2O2S2/c18-17(19)16-15(10-11-22-16)23(20,21)14-9-5-4-8-13(14)12-6-2-1-3-7-12/h1-11H,(H3,18,19). The third-order valence-electron chi connectivity index (χ3n) is 3.42. The summed E-state index contributed by atoms with van der Waals surface area (Å²) in [6.45, 7) is 0. The summed E-state index contributed by atoms with van der Waals surface area (Å²) in [5.41, 5.74) is 6.97. The summed E-state index contributed by atoms with van der Waals surface area (Å²) < 4.78 is 26.1. The molecule has 1 heterocycles. The van der Waals surface area contributed by atoms with E-state index in [0.29, 0.717) is 5.56 Å². The Labute approximate surface area is 138 Å². The van der Waals surface area contributed by atoms with Crippen LogP contribution in [0.5, 0.6) is 0 Å². The maximum absolute atomic E-state index is 13.1. The van der Waals surface area contributed by atoms with Gasteiger partial charge in [-0.15, -0.1) is 11.3 Å². The number of thiophene rings is 1. The minimum absolute atomic E-state index is 0.0818. The maximum Gasteiger partial charge on any atom is 0.208 e. The van der Waals surface area contributed by atoms with Crippen LogP contribution < -0.4 is 5.73 Å². The van der Waals surface area contributed by atoms with Crippen molar-refractivity contribution in [3.05, 3.63) is 70.9 Å². The number of nitrogens with two attached hydrogens (primary N) is 1. The minimum Gasteiger partial charge on any atom is -0.383 e. The van der Waals surface area contributed by atoms with Crippen LogP contribution in [0.4, 0.5) is 0 Å². The van der Waals surface area contributed by atoms with E-state index in [1.54, 1.807) is 29.6 Å². The molecule has 0 saturated heterocycles. The number of sulfone groups is 1. The fourth-order valence-electron chi connectivity index (χ4n) is 2.38. The number of nitrogen functional groups attached to an aromatic ring is 1. The predicted octanol–water partition coefficient (Wildman–Crippen LogP) is 3.53. The Morgan fingerprint density at radius 2 is 1.57 bits per heavy atom. The lowest BCUT2D eigenvalue weighted by atomic mass is 10.1. The average molecular weight is 342 g/mol. The Morgan fingerprint density at radius 1 is 0.913 bits per heavy atom. The summed E-state index contributed by atoms with van der Waals surface area (Å²) in [5, 5.41) is 9.21. The largest absolute Gasteiger partial charge is 0.383 e. The molecule has 0 aliphatic heterocycles. The molecule has 6 heteroatoms.